The first-order valence-corrected chi connectivity index (χ1v) is 6.20. The van der Waals surface area contributed by atoms with Crippen molar-refractivity contribution in [1.29, 1.82) is 0 Å². The molecule has 1 aliphatic heterocycles. The molecule has 0 saturated carbocycles. The topological polar surface area (TPSA) is 51.4 Å². The van der Waals surface area contributed by atoms with Crippen molar-refractivity contribution in [2.45, 2.75) is 32.0 Å². The molecule has 0 radical (unpaired) electrons. The summed E-state index contributed by atoms with van der Waals surface area (Å²) in [5, 5.41) is 0. The van der Waals surface area contributed by atoms with Gasteiger partial charge < -0.3 is 10.5 Å². The number of aromatic nitrogens is 1. The monoisotopic (exact) mass is 235 g/mol. The highest BCUT2D eigenvalue weighted by Gasteiger charge is 2.30. The molecule has 0 bridgehead atoms. The Hall–Kier alpha value is -0.970. The van der Waals surface area contributed by atoms with Gasteiger partial charge in [0.25, 0.3) is 0 Å². The second-order valence-electron chi connectivity index (χ2n) is 4.70. The number of rotatable bonds is 3. The molecule has 1 saturated heterocycles. The number of nitrogens with two attached hydrogens (primary N) is 1. The van der Waals surface area contributed by atoms with E-state index in [-0.39, 0.29) is 12.1 Å². The van der Waals surface area contributed by atoms with Gasteiger partial charge in [0, 0.05) is 25.3 Å². The van der Waals surface area contributed by atoms with Gasteiger partial charge in [-0.2, -0.15) is 0 Å². The van der Waals surface area contributed by atoms with Gasteiger partial charge in [-0.25, -0.2) is 0 Å². The van der Waals surface area contributed by atoms with E-state index in [1.807, 2.05) is 24.4 Å². The van der Waals surface area contributed by atoms with Gasteiger partial charge in [-0.3, -0.25) is 9.88 Å². The van der Waals surface area contributed by atoms with Crippen LogP contribution < -0.4 is 5.73 Å². The zero-order valence-electron chi connectivity index (χ0n) is 10.5. The molecule has 1 fully saturated rings. The lowest BCUT2D eigenvalue weighted by Crippen LogP contribution is -2.50. The number of ether oxygens (including phenoxy) is 1. The van der Waals surface area contributed by atoms with Crippen molar-refractivity contribution >= 4 is 0 Å². The molecule has 0 aromatic carbocycles. The standard InChI is InChI=1S/C13H21N3O/c1-10-9-17-11(2)8-16(10)13(7-14)12-5-3-4-6-15-12/h3-6,10-11,13H,7-9,14H2,1-2H3. The third-order valence-corrected chi connectivity index (χ3v) is 3.31. The Labute approximate surface area is 103 Å². The first-order chi connectivity index (χ1) is 8.22. The van der Waals surface area contributed by atoms with Crippen LogP contribution in [0.1, 0.15) is 25.6 Å². The predicted octanol–water partition coefficient (Wildman–Crippen LogP) is 1.19. The molecule has 0 aliphatic carbocycles. The molecule has 2 heterocycles. The van der Waals surface area contributed by atoms with Gasteiger partial charge in [0.2, 0.25) is 0 Å². The lowest BCUT2D eigenvalue weighted by Gasteiger charge is -2.41. The molecular formula is C13H21N3O. The molecule has 2 N–H and O–H groups in total. The lowest BCUT2D eigenvalue weighted by atomic mass is 10.1. The molecule has 2 rings (SSSR count). The smallest absolute Gasteiger partial charge is 0.0675 e. The van der Waals surface area contributed by atoms with E-state index in [4.69, 9.17) is 10.5 Å². The van der Waals surface area contributed by atoms with Gasteiger partial charge in [0.05, 0.1) is 24.4 Å². The highest BCUT2D eigenvalue weighted by Crippen LogP contribution is 2.24. The van der Waals surface area contributed by atoms with Crippen molar-refractivity contribution in [3.05, 3.63) is 30.1 Å². The van der Waals surface area contributed by atoms with E-state index < -0.39 is 0 Å². The van der Waals surface area contributed by atoms with E-state index in [9.17, 15) is 0 Å². The predicted molar refractivity (Wildman–Crippen MR) is 67.6 cm³/mol. The van der Waals surface area contributed by atoms with Gasteiger partial charge in [-0.1, -0.05) is 6.07 Å². The van der Waals surface area contributed by atoms with Gasteiger partial charge in [0.15, 0.2) is 0 Å². The quantitative estimate of drug-likeness (QED) is 0.855. The Bertz CT molecular complexity index is 344. The van der Waals surface area contributed by atoms with Gasteiger partial charge in [-0.15, -0.1) is 0 Å². The molecule has 3 atom stereocenters. The number of pyridine rings is 1. The van der Waals surface area contributed by atoms with Crippen molar-refractivity contribution in [3.63, 3.8) is 0 Å². The molecule has 1 aromatic rings. The minimum Gasteiger partial charge on any atom is -0.376 e. The van der Waals surface area contributed by atoms with Gasteiger partial charge in [0.1, 0.15) is 0 Å². The van der Waals surface area contributed by atoms with Crippen LogP contribution in [0.4, 0.5) is 0 Å². The molecule has 94 valence electrons. The fourth-order valence-electron chi connectivity index (χ4n) is 2.36. The van der Waals surface area contributed by atoms with E-state index in [0.29, 0.717) is 12.6 Å². The van der Waals surface area contributed by atoms with Crippen LogP contribution in [0, 0.1) is 0 Å². The molecule has 1 aliphatic rings. The van der Waals surface area contributed by atoms with Crippen LogP contribution in [0.5, 0.6) is 0 Å². The van der Waals surface area contributed by atoms with Crippen LogP contribution in [0.15, 0.2) is 24.4 Å². The molecule has 1 aromatic heterocycles. The van der Waals surface area contributed by atoms with Crippen molar-refractivity contribution in [1.82, 2.24) is 9.88 Å². The summed E-state index contributed by atoms with van der Waals surface area (Å²) in [6, 6.07) is 6.58. The molecular weight excluding hydrogens is 214 g/mol. The van der Waals surface area contributed by atoms with Crippen LogP contribution in [-0.4, -0.2) is 41.7 Å². The summed E-state index contributed by atoms with van der Waals surface area (Å²) in [6.45, 7) is 6.56. The summed E-state index contributed by atoms with van der Waals surface area (Å²) in [5.41, 5.74) is 6.97. The third kappa shape index (κ3) is 2.83. The first kappa shape index (κ1) is 12.5. The average Bonchev–Trinajstić information content (AvgIpc) is 2.36. The Kier molecular flexibility index (Phi) is 4.10. The summed E-state index contributed by atoms with van der Waals surface area (Å²) >= 11 is 0. The van der Waals surface area contributed by atoms with E-state index in [1.165, 1.54) is 0 Å². The molecule has 0 spiro atoms. The lowest BCUT2D eigenvalue weighted by molar-refractivity contribution is -0.0659. The number of morpholine rings is 1. The number of hydrogen-bond donors (Lipinski definition) is 1. The SMILES string of the molecule is CC1CN(C(CN)c2ccccn2)C(C)CO1. The van der Waals surface area contributed by atoms with Crippen LogP contribution in [0.3, 0.4) is 0 Å². The van der Waals surface area contributed by atoms with Crippen molar-refractivity contribution in [3.8, 4) is 0 Å². The minimum absolute atomic E-state index is 0.192. The van der Waals surface area contributed by atoms with Crippen LogP contribution in [0.2, 0.25) is 0 Å². The van der Waals surface area contributed by atoms with E-state index in [2.05, 4.69) is 23.7 Å². The number of hydrogen-bond acceptors (Lipinski definition) is 4. The Morgan fingerprint density at radius 1 is 1.53 bits per heavy atom. The summed E-state index contributed by atoms with van der Waals surface area (Å²) in [7, 11) is 0. The zero-order valence-corrected chi connectivity index (χ0v) is 10.5. The van der Waals surface area contributed by atoms with Crippen molar-refractivity contribution in [2.75, 3.05) is 19.7 Å². The van der Waals surface area contributed by atoms with Gasteiger partial charge in [-0.05, 0) is 26.0 Å². The molecule has 0 amide bonds. The van der Waals surface area contributed by atoms with Crippen molar-refractivity contribution in [2.24, 2.45) is 5.73 Å². The van der Waals surface area contributed by atoms with E-state index in [1.54, 1.807) is 0 Å². The minimum atomic E-state index is 0.192. The largest absolute Gasteiger partial charge is 0.376 e. The van der Waals surface area contributed by atoms with Crippen LogP contribution in [0.25, 0.3) is 0 Å². The van der Waals surface area contributed by atoms with Crippen molar-refractivity contribution < 1.29 is 4.74 Å². The normalized spacial score (nSPS) is 27.9. The Morgan fingerprint density at radius 3 is 3.00 bits per heavy atom. The summed E-state index contributed by atoms with van der Waals surface area (Å²) in [5.74, 6) is 0. The molecule has 4 heteroatoms. The Balaban J connectivity index is 2.17. The summed E-state index contributed by atoms with van der Waals surface area (Å²) in [6.07, 6.45) is 2.09. The Morgan fingerprint density at radius 2 is 2.35 bits per heavy atom. The maximum atomic E-state index is 5.92. The zero-order chi connectivity index (χ0) is 12.3. The van der Waals surface area contributed by atoms with Gasteiger partial charge >= 0.3 is 0 Å². The second-order valence-corrected chi connectivity index (χ2v) is 4.70. The highest BCUT2D eigenvalue weighted by molar-refractivity contribution is 5.10. The maximum absolute atomic E-state index is 5.92. The highest BCUT2D eigenvalue weighted by atomic mass is 16.5. The van der Waals surface area contributed by atoms with Crippen LogP contribution in [-0.2, 0) is 4.74 Å². The summed E-state index contributed by atoms with van der Waals surface area (Å²) in [4.78, 5) is 6.82. The molecule has 17 heavy (non-hydrogen) atoms. The summed E-state index contributed by atoms with van der Waals surface area (Å²) < 4.78 is 5.65. The van der Waals surface area contributed by atoms with E-state index in [0.717, 1.165) is 18.8 Å². The first-order valence-electron chi connectivity index (χ1n) is 6.20. The fourth-order valence-corrected chi connectivity index (χ4v) is 2.36. The second kappa shape index (κ2) is 5.58. The third-order valence-electron chi connectivity index (χ3n) is 3.31. The fraction of sp³-hybridized carbons (Fsp3) is 0.615. The molecule has 3 unspecified atom stereocenters. The average molecular weight is 235 g/mol. The maximum Gasteiger partial charge on any atom is 0.0675 e. The van der Waals surface area contributed by atoms with E-state index >= 15 is 0 Å². The molecule has 4 nitrogen and oxygen atoms in total. The van der Waals surface area contributed by atoms with Crippen LogP contribution >= 0.6 is 0 Å². The number of nitrogens with zero attached hydrogens (tertiary/aromatic N) is 2.